The molecule has 0 saturated heterocycles. The number of aryl methyl sites for hydroxylation is 2. The largest absolute Gasteiger partial charge is 0.359 e. The van der Waals surface area contributed by atoms with Crippen molar-refractivity contribution in [3.63, 3.8) is 0 Å². The highest BCUT2D eigenvalue weighted by atomic mass is 16.5. The lowest BCUT2D eigenvalue weighted by atomic mass is 10.1. The number of hydrogen-bond donors (Lipinski definition) is 3. The Kier molecular flexibility index (Phi) is 8.02. The van der Waals surface area contributed by atoms with Crippen LogP contribution >= 0.6 is 0 Å². The first-order valence-corrected chi connectivity index (χ1v) is 14.3. The van der Waals surface area contributed by atoms with Crippen LogP contribution < -0.4 is 16.0 Å². The van der Waals surface area contributed by atoms with Gasteiger partial charge in [-0.15, -0.1) is 0 Å². The molecule has 0 fully saturated rings. The van der Waals surface area contributed by atoms with Gasteiger partial charge in [0.2, 0.25) is 5.95 Å². The molecule has 44 heavy (non-hydrogen) atoms. The van der Waals surface area contributed by atoms with E-state index >= 15 is 0 Å². The van der Waals surface area contributed by atoms with E-state index in [1.54, 1.807) is 20.0 Å². The summed E-state index contributed by atoms with van der Waals surface area (Å²) in [5.41, 5.74) is 7.75. The van der Waals surface area contributed by atoms with Gasteiger partial charge in [-0.1, -0.05) is 35.5 Å². The molecule has 0 radical (unpaired) electrons. The lowest BCUT2D eigenvalue weighted by Gasteiger charge is -2.12. The molecule has 0 unspecified atom stereocenters. The quantitative estimate of drug-likeness (QED) is 0.174. The van der Waals surface area contributed by atoms with Crippen molar-refractivity contribution in [2.45, 2.75) is 20.3 Å². The average Bonchev–Trinajstić information content (AvgIpc) is 3.56. The number of hydrogen-bond acceptors (Lipinski definition) is 8. The molecule has 2 aromatic carbocycles. The molecule has 0 bridgehead atoms. The molecule has 6 aromatic rings. The fraction of sp³-hybridized carbons (Fsp3) is 0.182. The molecule has 0 saturated carbocycles. The summed E-state index contributed by atoms with van der Waals surface area (Å²) in [6.07, 6.45) is 4.65. The third-order valence-corrected chi connectivity index (χ3v) is 7.12. The molecule has 222 valence electrons. The van der Waals surface area contributed by atoms with Crippen LogP contribution in [0.3, 0.4) is 0 Å². The van der Waals surface area contributed by atoms with Gasteiger partial charge < -0.3 is 25.4 Å². The van der Waals surface area contributed by atoms with E-state index in [0.29, 0.717) is 34.5 Å². The monoisotopic (exact) mass is 587 g/mol. The number of fused-ring (bicyclic) bond motifs is 1. The van der Waals surface area contributed by atoms with E-state index in [1.807, 2.05) is 71.3 Å². The van der Waals surface area contributed by atoms with Crippen molar-refractivity contribution in [2.24, 2.45) is 0 Å². The van der Waals surface area contributed by atoms with Crippen LogP contribution in [0, 0.1) is 13.8 Å². The van der Waals surface area contributed by atoms with Crippen molar-refractivity contribution in [2.75, 3.05) is 36.6 Å². The van der Waals surface area contributed by atoms with Crippen LogP contribution in [0.4, 0.5) is 27.8 Å². The second kappa shape index (κ2) is 12.4. The van der Waals surface area contributed by atoms with Crippen LogP contribution in [-0.2, 0) is 6.42 Å². The Bertz CT molecular complexity index is 1920. The Balaban J connectivity index is 1.30. The Hall–Kier alpha value is -5.55. The van der Waals surface area contributed by atoms with Gasteiger partial charge in [-0.25, -0.2) is 19.7 Å². The number of nitrogens with zero attached hydrogens (tertiary/aromatic N) is 6. The number of pyridine rings is 1. The zero-order valence-electron chi connectivity index (χ0n) is 25.0. The third kappa shape index (κ3) is 6.27. The number of urea groups is 1. The maximum atomic E-state index is 12.8. The highest BCUT2D eigenvalue weighted by Gasteiger charge is 2.19. The number of amides is 2. The summed E-state index contributed by atoms with van der Waals surface area (Å²) in [7, 11) is 4.14. The molecule has 2 amide bonds. The Morgan fingerprint density at radius 3 is 2.59 bits per heavy atom. The van der Waals surface area contributed by atoms with Gasteiger partial charge in [-0.3, -0.25) is 4.40 Å². The minimum absolute atomic E-state index is 0.399. The molecule has 0 spiro atoms. The van der Waals surface area contributed by atoms with E-state index in [1.165, 1.54) is 5.56 Å². The smallest absolute Gasteiger partial charge is 0.323 e. The minimum atomic E-state index is -0.399. The van der Waals surface area contributed by atoms with Gasteiger partial charge in [-0.2, -0.15) is 0 Å². The SMILES string of the molecule is Cc1noc(C)c1NC(=O)Nc1cccc(-c2nc3ccccn3c2-c2ccnc(Nc3cccc(CCN(C)C)c3)n2)c1. The van der Waals surface area contributed by atoms with Crippen molar-refractivity contribution in [1.82, 2.24) is 29.4 Å². The normalized spacial score (nSPS) is 11.2. The van der Waals surface area contributed by atoms with E-state index in [4.69, 9.17) is 14.5 Å². The van der Waals surface area contributed by atoms with Crippen LogP contribution in [0.15, 0.2) is 89.7 Å². The van der Waals surface area contributed by atoms with Crippen molar-refractivity contribution in [3.8, 4) is 22.6 Å². The van der Waals surface area contributed by atoms with Gasteiger partial charge >= 0.3 is 6.03 Å². The average molecular weight is 588 g/mol. The number of anilines is 4. The van der Waals surface area contributed by atoms with Gasteiger partial charge in [0, 0.05) is 35.9 Å². The fourth-order valence-corrected chi connectivity index (χ4v) is 4.96. The van der Waals surface area contributed by atoms with E-state index in [-0.39, 0.29) is 0 Å². The maximum absolute atomic E-state index is 12.8. The lowest BCUT2D eigenvalue weighted by molar-refractivity contribution is 0.262. The molecule has 4 aromatic heterocycles. The van der Waals surface area contributed by atoms with E-state index in [2.05, 4.69) is 57.2 Å². The minimum Gasteiger partial charge on any atom is -0.359 e. The number of nitrogens with one attached hydrogen (secondary N) is 3. The highest BCUT2D eigenvalue weighted by Crippen LogP contribution is 2.33. The number of benzene rings is 2. The first-order valence-electron chi connectivity index (χ1n) is 14.3. The van der Waals surface area contributed by atoms with Crippen molar-refractivity contribution in [3.05, 3.63) is 102 Å². The number of aromatic nitrogens is 5. The lowest BCUT2D eigenvalue weighted by Crippen LogP contribution is -2.20. The first kappa shape index (κ1) is 28.6. The number of carbonyl (C=O) groups is 1. The van der Waals surface area contributed by atoms with Crippen molar-refractivity contribution < 1.29 is 9.32 Å². The zero-order valence-corrected chi connectivity index (χ0v) is 25.0. The molecule has 11 nitrogen and oxygen atoms in total. The predicted molar refractivity (Wildman–Crippen MR) is 172 cm³/mol. The molecule has 0 aliphatic heterocycles. The second-order valence-electron chi connectivity index (χ2n) is 10.7. The predicted octanol–water partition coefficient (Wildman–Crippen LogP) is 6.55. The van der Waals surface area contributed by atoms with Crippen molar-refractivity contribution in [1.29, 1.82) is 0 Å². The zero-order chi connectivity index (χ0) is 30.6. The van der Waals surface area contributed by atoms with Gasteiger partial charge in [0.1, 0.15) is 17.0 Å². The van der Waals surface area contributed by atoms with Crippen LogP contribution in [0.2, 0.25) is 0 Å². The number of imidazole rings is 1. The summed E-state index contributed by atoms with van der Waals surface area (Å²) in [6.45, 7) is 4.49. The Morgan fingerprint density at radius 2 is 1.77 bits per heavy atom. The molecule has 4 heterocycles. The van der Waals surface area contributed by atoms with Crippen LogP contribution in [0.5, 0.6) is 0 Å². The summed E-state index contributed by atoms with van der Waals surface area (Å²) in [6, 6.07) is 23.2. The summed E-state index contributed by atoms with van der Waals surface area (Å²) in [5.74, 6) is 1.02. The van der Waals surface area contributed by atoms with Gasteiger partial charge in [0.05, 0.1) is 17.1 Å². The standard InChI is InChI=1S/C33H33N9O2/c1-21-29(22(2)44-40-21)39-33(43)36-26-12-8-10-24(20-26)30-31(42-17-6-5-13-28(42)38-30)27-14-16-34-32(37-27)35-25-11-7-9-23(19-25)15-18-41(3)4/h5-14,16-17,19-20H,15,18H2,1-4H3,(H,34,35,37)(H2,36,39,43). The second-order valence-corrected chi connectivity index (χ2v) is 10.7. The number of likely N-dealkylation sites (N-methyl/N-ethyl adjacent to an activating group) is 1. The fourth-order valence-electron chi connectivity index (χ4n) is 4.96. The molecule has 0 aliphatic carbocycles. The summed E-state index contributed by atoms with van der Waals surface area (Å²) < 4.78 is 7.16. The summed E-state index contributed by atoms with van der Waals surface area (Å²) >= 11 is 0. The molecule has 0 atom stereocenters. The Morgan fingerprint density at radius 1 is 0.932 bits per heavy atom. The Labute approximate surface area is 255 Å². The molecular formula is C33H33N9O2. The van der Waals surface area contributed by atoms with Crippen LogP contribution in [-0.4, -0.2) is 56.1 Å². The first-order chi connectivity index (χ1) is 21.3. The molecule has 0 aliphatic rings. The number of rotatable bonds is 9. The molecule has 3 N–H and O–H groups in total. The topological polar surface area (TPSA) is 126 Å². The molecular weight excluding hydrogens is 554 g/mol. The third-order valence-electron chi connectivity index (χ3n) is 7.12. The van der Waals surface area contributed by atoms with Gasteiger partial charge in [0.25, 0.3) is 0 Å². The van der Waals surface area contributed by atoms with Gasteiger partial charge in [0.15, 0.2) is 5.76 Å². The molecule has 11 heteroatoms. The summed E-state index contributed by atoms with van der Waals surface area (Å²) in [4.78, 5) is 29.3. The number of carbonyl (C=O) groups excluding carboxylic acids is 1. The summed E-state index contributed by atoms with van der Waals surface area (Å²) in [5, 5.41) is 13.0. The van der Waals surface area contributed by atoms with E-state index in [9.17, 15) is 4.79 Å². The van der Waals surface area contributed by atoms with Crippen LogP contribution in [0.1, 0.15) is 17.0 Å². The van der Waals surface area contributed by atoms with E-state index in [0.717, 1.165) is 41.3 Å². The van der Waals surface area contributed by atoms with Gasteiger partial charge in [-0.05, 0) is 82.4 Å². The molecule has 6 rings (SSSR count). The maximum Gasteiger partial charge on any atom is 0.323 e. The van der Waals surface area contributed by atoms with Crippen LogP contribution in [0.25, 0.3) is 28.3 Å². The highest BCUT2D eigenvalue weighted by molar-refractivity contribution is 6.00. The van der Waals surface area contributed by atoms with E-state index < -0.39 is 6.03 Å². The van der Waals surface area contributed by atoms with Crippen molar-refractivity contribution >= 4 is 34.7 Å².